The van der Waals surface area contributed by atoms with E-state index in [1.165, 1.54) is 5.56 Å². The predicted octanol–water partition coefficient (Wildman–Crippen LogP) is 3.26. The van der Waals surface area contributed by atoms with E-state index in [0.29, 0.717) is 19.0 Å². The number of hydrogen-bond acceptors (Lipinski definition) is 3. The van der Waals surface area contributed by atoms with Gasteiger partial charge < -0.3 is 14.6 Å². The van der Waals surface area contributed by atoms with Crippen molar-refractivity contribution in [3.8, 4) is 0 Å². The summed E-state index contributed by atoms with van der Waals surface area (Å²) in [5, 5.41) is 3.47. The molecule has 1 aliphatic rings. The largest absolute Gasteiger partial charge is 0.464 e. The second-order valence-electron chi connectivity index (χ2n) is 6.18. The summed E-state index contributed by atoms with van der Waals surface area (Å²) < 4.78 is 5.62. The summed E-state index contributed by atoms with van der Waals surface area (Å²) >= 11 is 0. The molecule has 1 aromatic heterocycles. The van der Waals surface area contributed by atoms with Crippen molar-refractivity contribution in [2.24, 2.45) is 0 Å². The summed E-state index contributed by atoms with van der Waals surface area (Å²) in [6.45, 7) is 4.32. The van der Waals surface area contributed by atoms with Gasteiger partial charge in [0.05, 0.1) is 6.54 Å². The van der Waals surface area contributed by atoms with Crippen LogP contribution in [0.3, 0.4) is 0 Å². The molecule has 2 heterocycles. The molecule has 1 aromatic carbocycles. The third kappa shape index (κ3) is 4.23. The van der Waals surface area contributed by atoms with E-state index >= 15 is 0 Å². The second-order valence-corrected chi connectivity index (χ2v) is 6.18. The molecule has 0 bridgehead atoms. The van der Waals surface area contributed by atoms with Crippen molar-refractivity contribution < 1.29 is 9.21 Å². The molecule has 1 amide bonds. The molecular formula is C19H24N2O2. The van der Waals surface area contributed by atoms with Gasteiger partial charge in [0.1, 0.15) is 11.5 Å². The molecule has 4 nitrogen and oxygen atoms in total. The number of nitrogens with one attached hydrogen (secondary N) is 1. The number of nitrogens with zero attached hydrogens (tertiary/aromatic N) is 1. The highest BCUT2D eigenvalue weighted by Gasteiger charge is 2.30. The SMILES string of the molecule is Cc1ccc(CN2C(=O)CCC2CCNCc2ccccc2)o1. The number of furan rings is 1. The monoisotopic (exact) mass is 312 g/mol. The fourth-order valence-electron chi connectivity index (χ4n) is 3.15. The van der Waals surface area contributed by atoms with Crippen LogP contribution in [0.1, 0.15) is 36.3 Å². The van der Waals surface area contributed by atoms with Gasteiger partial charge in [-0.3, -0.25) is 4.79 Å². The molecule has 3 rings (SSSR count). The number of aryl methyl sites for hydroxylation is 1. The first-order valence-corrected chi connectivity index (χ1v) is 8.32. The summed E-state index contributed by atoms with van der Waals surface area (Å²) in [5.41, 5.74) is 1.29. The number of hydrogen-bond donors (Lipinski definition) is 1. The average Bonchev–Trinajstić information content (AvgIpc) is 3.12. The third-order valence-corrected chi connectivity index (χ3v) is 4.40. The lowest BCUT2D eigenvalue weighted by molar-refractivity contribution is -0.129. The first-order valence-electron chi connectivity index (χ1n) is 8.32. The van der Waals surface area contributed by atoms with Crippen LogP contribution in [0.5, 0.6) is 0 Å². The van der Waals surface area contributed by atoms with E-state index < -0.39 is 0 Å². The van der Waals surface area contributed by atoms with Crippen LogP contribution < -0.4 is 5.32 Å². The molecule has 122 valence electrons. The minimum atomic E-state index is 0.243. The fraction of sp³-hybridized carbons (Fsp3) is 0.421. The van der Waals surface area contributed by atoms with E-state index in [4.69, 9.17) is 4.42 Å². The highest BCUT2D eigenvalue weighted by atomic mass is 16.3. The van der Waals surface area contributed by atoms with E-state index in [1.54, 1.807) is 0 Å². The Labute approximate surface area is 137 Å². The van der Waals surface area contributed by atoms with Crippen LogP contribution in [0.4, 0.5) is 0 Å². The third-order valence-electron chi connectivity index (χ3n) is 4.40. The van der Waals surface area contributed by atoms with Gasteiger partial charge in [-0.15, -0.1) is 0 Å². The Balaban J connectivity index is 1.47. The van der Waals surface area contributed by atoms with Gasteiger partial charge in [-0.1, -0.05) is 30.3 Å². The zero-order valence-electron chi connectivity index (χ0n) is 13.6. The van der Waals surface area contributed by atoms with Crippen LogP contribution in [0.2, 0.25) is 0 Å². The Bertz CT molecular complexity index is 636. The van der Waals surface area contributed by atoms with Crippen molar-refractivity contribution in [2.75, 3.05) is 6.54 Å². The Morgan fingerprint density at radius 3 is 2.78 bits per heavy atom. The van der Waals surface area contributed by atoms with Gasteiger partial charge in [-0.25, -0.2) is 0 Å². The zero-order valence-corrected chi connectivity index (χ0v) is 13.6. The van der Waals surface area contributed by atoms with Gasteiger partial charge in [0.2, 0.25) is 5.91 Å². The van der Waals surface area contributed by atoms with E-state index in [0.717, 1.165) is 37.5 Å². The minimum Gasteiger partial charge on any atom is -0.464 e. The fourth-order valence-corrected chi connectivity index (χ4v) is 3.15. The van der Waals surface area contributed by atoms with Crippen LogP contribution in [0.15, 0.2) is 46.9 Å². The lowest BCUT2D eigenvalue weighted by Gasteiger charge is -2.24. The van der Waals surface area contributed by atoms with E-state index in [9.17, 15) is 4.79 Å². The van der Waals surface area contributed by atoms with Crippen LogP contribution >= 0.6 is 0 Å². The topological polar surface area (TPSA) is 45.5 Å². The average molecular weight is 312 g/mol. The van der Waals surface area contributed by atoms with Crippen molar-refractivity contribution in [1.29, 1.82) is 0 Å². The standard InChI is InChI=1S/C19H24N2O2/c1-15-7-9-18(23-15)14-21-17(8-10-19(21)22)11-12-20-13-16-5-3-2-4-6-16/h2-7,9,17,20H,8,10-14H2,1H3. The van der Waals surface area contributed by atoms with Crippen molar-refractivity contribution in [1.82, 2.24) is 10.2 Å². The molecule has 1 aliphatic heterocycles. The molecule has 1 saturated heterocycles. The van der Waals surface area contributed by atoms with E-state index in [-0.39, 0.29) is 5.91 Å². The predicted molar refractivity (Wildman–Crippen MR) is 89.8 cm³/mol. The maximum Gasteiger partial charge on any atom is 0.223 e. The number of likely N-dealkylation sites (tertiary alicyclic amines) is 1. The minimum absolute atomic E-state index is 0.243. The number of carbonyl (C=O) groups is 1. The number of amides is 1. The Morgan fingerprint density at radius 1 is 1.22 bits per heavy atom. The molecule has 4 heteroatoms. The van der Waals surface area contributed by atoms with Crippen LogP contribution in [-0.4, -0.2) is 23.4 Å². The van der Waals surface area contributed by atoms with Crippen molar-refractivity contribution in [3.63, 3.8) is 0 Å². The summed E-state index contributed by atoms with van der Waals surface area (Å²) in [4.78, 5) is 14.1. The number of benzene rings is 1. The molecule has 0 saturated carbocycles. The molecule has 0 spiro atoms. The normalized spacial score (nSPS) is 17.9. The Hall–Kier alpha value is -2.07. The number of carbonyl (C=O) groups excluding carboxylic acids is 1. The molecule has 2 aromatic rings. The highest BCUT2D eigenvalue weighted by Crippen LogP contribution is 2.24. The van der Waals surface area contributed by atoms with Crippen molar-refractivity contribution in [2.45, 2.75) is 45.3 Å². The molecule has 0 aliphatic carbocycles. The quantitative estimate of drug-likeness (QED) is 0.798. The Morgan fingerprint density at radius 2 is 2.04 bits per heavy atom. The van der Waals surface area contributed by atoms with Crippen LogP contribution in [0, 0.1) is 6.92 Å². The van der Waals surface area contributed by atoms with Gasteiger partial charge in [-0.05, 0) is 44.0 Å². The van der Waals surface area contributed by atoms with Crippen LogP contribution in [-0.2, 0) is 17.9 Å². The maximum absolute atomic E-state index is 12.1. The van der Waals surface area contributed by atoms with Gasteiger partial charge in [-0.2, -0.15) is 0 Å². The first-order chi connectivity index (χ1) is 11.2. The van der Waals surface area contributed by atoms with E-state index in [1.807, 2.05) is 30.0 Å². The van der Waals surface area contributed by atoms with Gasteiger partial charge in [0, 0.05) is 19.0 Å². The zero-order chi connectivity index (χ0) is 16.1. The maximum atomic E-state index is 12.1. The van der Waals surface area contributed by atoms with Gasteiger partial charge in [0.25, 0.3) is 0 Å². The molecule has 1 atom stereocenters. The smallest absolute Gasteiger partial charge is 0.223 e. The molecule has 1 N–H and O–H groups in total. The Kier molecular flexibility index (Phi) is 5.13. The molecule has 23 heavy (non-hydrogen) atoms. The van der Waals surface area contributed by atoms with Crippen LogP contribution in [0.25, 0.3) is 0 Å². The summed E-state index contributed by atoms with van der Waals surface area (Å²) in [5.74, 6) is 2.01. The van der Waals surface area contributed by atoms with Crippen molar-refractivity contribution >= 4 is 5.91 Å². The molecular weight excluding hydrogens is 288 g/mol. The lowest BCUT2D eigenvalue weighted by Crippen LogP contribution is -2.34. The lowest BCUT2D eigenvalue weighted by atomic mass is 10.1. The second kappa shape index (κ2) is 7.47. The highest BCUT2D eigenvalue weighted by molar-refractivity contribution is 5.78. The van der Waals surface area contributed by atoms with E-state index in [2.05, 4.69) is 29.6 Å². The van der Waals surface area contributed by atoms with Gasteiger partial charge in [0.15, 0.2) is 0 Å². The summed E-state index contributed by atoms with van der Waals surface area (Å²) in [6.07, 6.45) is 2.59. The summed E-state index contributed by atoms with van der Waals surface area (Å²) in [6, 6.07) is 14.6. The molecule has 1 fully saturated rings. The molecule has 1 unspecified atom stereocenters. The molecule has 0 radical (unpaired) electrons. The first kappa shape index (κ1) is 15.8. The van der Waals surface area contributed by atoms with Crippen molar-refractivity contribution in [3.05, 3.63) is 59.5 Å². The number of rotatable bonds is 7. The summed E-state index contributed by atoms with van der Waals surface area (Å²) in [7, 11) is 0. The van der Waals surface area contributed by atoms with Gasteiger partial charge >= 0.3 is 0 Å².